The van der Waals surface area contributed by atoms with Gasteiger partial charge in [0.05, 0.1) is 0 Å². The van der Waals surface area contributed by atoms with E-state index in [4.69, 9.17) is 5.73 Å². The number of carbonyl (C=O) groups excluding carboxylic acids is 2. The minimum absolute atomic E-state index is 0. The van der Waals surface area contributed by atoms with Gasteiger partial charge in [-0.2, -0.15) is 0 Å². The maximum Gasteiger partial charge on any atom is 0.222 e. The van der Waals surface area contributed by atoms with Crippen molar-refractivity contribution in [1.29, 1.82) is 0 Å². The van der Waals surface area contributed by atoms with Crippen LogP contribution in [0.1, 0.15) is 32.1 Å². The van der Waals surface area contributed by atoms with Crippen LogP contribution in [0.15, 0.2) is 0 Å². The monoisotopic (exact) mass is 277 g/mol. The maximum absolute atomic E-state index is 11.9. The largest absolute Gasteiger partial charge is 0.349 e. The van der Waals surface area contributed by atoms with Gasteiger partial charge in [0.15, 0.2) is 0 Å². The Morgan fingerprint density at radius 1 is 1.33 bits per heavy atom. The average molecular weight is 278 g/mol. The molecule has 1 saturated heterocycles. The van der Waals surface area contributed by atoms with Crippen LogP contribution in [-0.2, 0) is 9.59 Å². The molecule has 0 aromatic heterocycles. The summed E-state index contributed by atoms with van der Waals surface area (Å²) in [7, 11) is 3.46. The van der Waals surface area contributed by atoms with E-state index in [2.05, 4.69) is 0 Å². The molecule has 6 heteroatoms. The third kappa shape index (κ3) is 4.82. The zero-order chi connectivity index (χ0) is 12.8. The van der Waals surface area contributed by atoms with Crippen LogP contribution < -0.4 is 5.73 Å². The van der Waals surface area contributed by atoms with Gasteiger partial charge in [-0.3, -0.25) is 9.59 Å². The van der Waals surface area contributed by atoms with E-state index in [0.717, 1.165) is 19.4 Å². The number of halogens is 1. The highest BCUT2D eigenvalue weighted by atomic mass is 35.5. The van der Waals surface area contributed by atoms with Crippen LogP contribution in [-0.4, -0.2) is 54.8 Å². The lowest BCUT2D eigenvalue weighted by Gasteiger charge is -2.23. The lowest BCUT2D eigenvalue weighted by Crippen LogP contribution is -2.39. The predicted molar refractivity (Wildman–Crippen MR) is 73.6 cm³/mol. The predicted octanol–water partition coefficient (Wildman–Crippen LogP) is 0.616. The van der Waals surface area contributed by atoms with Gasteiger partial charge in [0.25, 0.3) is 0 Å². The summed E-state index contributed by atoms with van der Waals surface area (Å²) < 4.78 is 0. The Labute approximate surface area is 115 Å². The number of hydrogen-bond acceptors (Lipinski definition) is 3. The number of rotatable bonds is 5. The first-order valence-electron chi connectivity index (χ1n) is 6.26. The highest BCUT2D eigenvalue weighted by Crippen LogP contribution is 2.17. The van der Waals surface area contributed by atoms with Crippen molar-refractivity contribution in [2.24, 2.45) is 5.73 Å². The van der Waals surface area contributed by atoms with Crippen molar-refractivity contribution in [2.45, 2.75) is 38.1 Å². The Morgan fingerprint density at radius 3 is 2.56 bits per heavy atom. The summed E-state index contributed by atoms with van der Waals surface area (Å²) in [5.74, 6) is 0.221. The molecule has 0 aromatic carbocycles. The van der Waals surface area contributed by atoms with E-state index in [0.29, 0.717) is 25.8 Å². The van der Waals surface area contributed by atoms with Gasteiger partial charge >= 0.3 is 0 Å². The van der Waals surface area contributed by atoms with Gasteiger partial charge in [-0.15, -0.1) is 12.4 Å². The molecule has 2 N–H and O–H groups in total. The molecule has 1 heterocycles. The Kier molecular flexibility index (Phi) is 7.95. The highest BCUT2D eigenvalue weighted by Gasteiger charge is 2.26. The van der Waals surface area contributed by atoms with Crippen molar-refractivity contribution in [3.8, 4) is 0 Å². The SMILES string of the molecule is CN(C)C(=O)CCCC(=O)N1CCCC1CN.Cl. The van der Waals surface area contributed by atoms with Gasteiger partial charge in [-0.1, -0.05) is 0 Å². The van der Waals surface area contributed by atoms with E-state index < -0.39 is 0 Å². The minimum atomic E-state index is 0. The molecule has 0 spiro atoms. The third-order valence-corrected chi connectivity index (χ3v) is 3.25. The second kappa shape index (κ2) is 8.32. The van der Waals surface area contributed by atoms with Crippen molar-refractivity contribution in [3.63, 3.8) is 0 Å². The lowest BCUT2D eigenvalue weighted by atomic mass is 10.2. The quantitative estimate of drug-likeness (QED) is 0.801. The van der Waals surface area contributed by atoms with Gasteiger partial charge in [-0.05, 0) is 19.3 Å². The number of carbonyl (C=O) groups is 2. The van der Waals surface area contributed by atoms with E-state index >= 15 is 0 Å². The van der Waals surface area contributed by atoms with E-state index in [1.54, 1.807) is 19.0 Å². The van der Waals surface area contributed by atoms with Crippen LogP contribution >= 0.6 is 12.4 Å². The number of nitrogens with zero attached hydrogens (tertiary/aromatic N) is 2. The van der Waals surface area contributed by atoms with Gasteiger partial charge in [-0.25, -0.2) is 0 Å². The summed E-state index contributed by atoms with van der Waals surface area (Å²) in [4.78, 5) is 26.7. The average Bonchev–Trinajstić information content (AvgIpc) is 2.76. The van der Waals surface area contributed by atoms with Crippen molar-refractivity contribution in [2.75, 3.05) is 27.2 Å². The van der Waals surface area contributed by atoms with E-state index in [1.807, 2.05) is 4.90 Å². The maximum atomic E-state index is 11.9. The van der Waals surface area contributed by atoms with Crippen molar-refractivity contribution < 1.29 is 9.59 Å². The van der Waals surface area contributed by atoms with E-state index in [9.17, 15) is 9.59 Å². The summed E-state index contributed by atoms with van der Waals surface area (Å²) in [6.07, 6.45) is 3.59. The van der Waals surface area contributed by atoms with Crippen LogP contribution in [0.3, 0.4) is 0 Å². The van der Waals surface area contributed by atoms with E-state index in [1.165, 1.54) is 0 Å². The Morgan fingerprint density at radius 2 is 2.00 bits per heavy atom. The fourth-order valence-electron chi connectivity index (χ4n) is 2.17. The van der Waals surface area contributed by atoms with E-state index in [-0.39, 0.29) is 30.3 Å². The molecule has 106 valence electrons. The summed E-state index contributed by atoms with van der Waals surface area (Å²) in [6.45, 7) is 1.37. The zero-order valence-corrected chi connectivity index (χ0v) is 12.0. The van der Waals surface area contributed by atoms with Crippen molar-refractivity contribution in [3.05, 3.63) is 0 Å². The lowest BCUT2D eigenvalue weighted by molar-refractivity contribution is -0.132. The summed E-state index contributed by atoms with van der Waals surface area (Å²) in [5, 5.41) is 0. The first-order chi connectivity index (χ1) is 8.06. The van der Waals surface area contributed by atoms with Crippen LogP contribution in [0, 0.1) is 0 Å². The molecule has 1 rings (SSSR count). The smallest absolute Gasteiger partial charge is 0.222 e. The Hall–Kier alpha value is -0.810. The van der Waals surface area contributed by atoms with Gasteiger partial charge < -0.3 is 15.5 Å². The number of likely N-dealkylation sites (tertiary alicyclic amines) is 1. The summed E-state index contributed by atoms with van der Waals surface area (Å²) in [6, 6.07) is 0.215. The Bertz CT molecular complexity index is 284. The fraction of sp³-hybridized carbons (Fsp3) is 0.833. The molecular weight excluding hydrogens is 254 g/mol. The molecule has 5 nitrogen and oxygen atoms in total. The van der Waals surface area contributed by atoms with Gasteiger partial charge in [0.2, 0.25) is 11.8 Å². The number of hydrogen-bond donors (Lipinski definition) is 1. The van der Waals surface area contributed by atoms with Crippen LogP contribution in [0.5, 0.6) is 0 Å². The second-order valence-electron chi connectivity index (χ2n) is 4.76. The molecule has 0 saturated carbocycles. The second-order valence-corrected chi connectivity index (χ2v) is 4.76. The summed E-state index contributed by atoms with van der Waals surface area (Å²) >= 11 is 0. The summed E-state index contributed by atoms with van der Waals surface area (Å²) in [5.41, 5.74) is 5.62. The molecule has 1 fully saturated rings. The van der Waals surface area contributed by atoms with Crippen LogP contribution in [0.2, 0.25) is 0 Å². The normalized spacial score (nSPS) is 18.4. The molecule has 0 aromatic rings. The van der Waals surface area contributed by atoms with Gasteiger partial charge in [0.1, 0.15) is 0 Å². The fourth-order valence-corrected chi connectivity index (χ4v) is 2.17. The molecule has 1 aliphatic rings. The molecule has 0 radical (unpaired) electrons. The molecular formula is C12H24ClN3O2. The van der Waals surface area contributed by atoms with Crippen LogP contribution in [0.25, 0.3) is 0 Å². The first-order valence-corrected chi connectivity index (χ1v) is 6.26. The number of amides is 2. The van der Waals surface area contributed by atoms with Crippen LogP contribution in [0.4, 0.5) is 0 Å². The standard InChI is InChI=1S/C12H23N3O2.ClH/c1-14(2)11(16)6-3-7-12(17)15-8-4-5-10(15)9-13;/h10H,3-9,13H2,1-2H3;1H. The van der Waals surface area contributed by atoms with Crippen molar-refractivity contribution >= 4 is 24.2 Å². The Balaban J connectivity index is 0.00000289. The first kappa shape index (κ1) is 17.2. The topological polar surface area (TPSA) is 66.6 Å². The molecule has 1 aliphatic heterocycles. The van der Waals surface area contributed by atoms with Gasteiger partial charge in [0, 0.05) is 46.1 Å². The number of nitrogens with two attached hydrogens (primary N) is 1. The minimum Gasteiger partial charge on any atom is -0.349 e. The third-order valence-electron chi connectivity index (χ3n) is 3.25. The molecule has 2 amide bonds. The molecule has 0 bridgehead atoms. The zero-order valence-electron chi connectivity index (χ0n) is 11.2. The molecule has 1 atom stereocenters. The molecule has 18 heavy (non-hydrogen) atoms. The molecule has 1 unspecified atom stereocenters. The van der Waals surface area contributed by atoms with Crippen molar-refractivity contribution in [1.82, 2.24) is 9.80 Å². The highest BCUT2D eigenvalue weighted by molar-refractivity contribution is 5.85. The molecule has 0 aliphatic carbocycles.